The number of nitrogens with one attached hydrogen (secondary N) is 1. The topological polar surface area (TPSA) is 96.0 Å². The molecular formula is C15H17N3O3. The van der Waals surface area contributed by atoms with Gasteiger partial charge in [0.15, 0.2) is 0 Å². The summed E-state index contributed by atoms with van der Waals surface area (Å²) in [4.78, 5) is 22.2. The number of rotatable bonds is 6. The highest BCUT2D eigenvalue weighted by Gasteiger charge is 2.12. The fraction of sp³-hybridized carbons (Fsp3) is 0.333. The fourth-order valence-electron chi connectivity index (χ4n) is 1.70. The van der Waals surface area contributed by atoms with Crippen molar-refractivity contribution in [2.24, 2.45) is 0 Å². The number of nitriles is 1. The maximum absolute atomic E-state index is 11.8. The molecule has 21 heavy (non-hydrogen) atoms. The molecule has 6 nitrogen and oxygen atoms in total. The number of nitro groups is 1. The van der Waals surface area contributed by atoms with Crippen molar-refractivity contribution < 1.29 is 9.72 Å². The largest absolute Gasteiger partial charge is 0.351 e. The van der Waals surface area contributed by atoms with Crippen molar-refractivity contribution in [3.8, 4) is 6.07 Å². The van der Waals surface area contributed by atoms with Gasteiger partial charge < -0.3 is 5.32 Å². The van der Waals surface area contributed by atoms with Gasteiger partial charge in [0.1, 0.15) is 11.6 Å². The monoisotopic (exact) mass is 287 g/mol. The lowest BCUT2D eigenvalue weighted by atomic mass is 10.1. The predicted octanol–water partition coefficient (Wildman–Crippen LogP) is 2.73. The van der Waals surface area contributed by atoms with E-state index in [-0.39, 0.29) is 11.3 Å². The van der Waals surface area contributed by atoms with Gasteiger partial charge in [-0.1, -0.05) is 25.5 Å². The van der Waals surface area contributed by atoms with E-state index >= 15 is 0 Å². The van der Waals surface area contributed by atoms with Crippen molar-refractivity contribution >= 4 is 17.7 Å². The molecule has 1 amide bonds. The first-order chi connectivity index (χ1) is 9.99. The van der Waals surface area contributed by atoms with Gasteiger partial charge in [-0.15, -0.1) is 0 Å². The van der Waals surface area contributed by atoms with Gasteiger partial charge in [0.05, 0.1) is 4.92 Å². The Hall–Kier alpha value is -2.68. The van der Waals surface area contributed by atoms with Crippen LogP contribution in [0.25, 0.3) is 6.08 Å². The van der Waals surface area contributed by atoms with Crippen LogP contribution in [-0.4, -0.2) is 17.4 Å². The number of carbonyl (C=O) groups is 1. The molecule has 0 atom stereocenters. The highest BCUT2D eigenvalue weighted by Crippen LogP contribution is 2.20. The van der Waals surface area contributed by atoms with Crippen molar-refractivity contribution in [3.05, 3.63) is 45.0 Å². The number of unbranched alkanes of at least 4 members (excludes halogenated alkanes) is 1. The maximum Gasteiger partial charge on any atom is 0.272 e. The molecule has 0 bridgehead atoms. The van der Waals surface area contributed by atoms with Gasteiger partial charge in [-0.25, -0.2) is 0 Å². The summed E-state index contributed by atoms with van der Waals surface area (Å²) in [7, 11) is 0. The molecule has 0 saturated carbocycles. The van der Waals surface area contributed by atoms with Crippen LogP contribution in [-0.2, 0) is 4.79 Å². The van der Waals surface area contributed by atoms with Crippen molar-refractivity contribution in [1.29, 1.82) is 5.26 Å². The van der Waals surface area contributed by atoms with E-state index in [2.05, 4.69) is 5.32 Å². The second-order valence-corrected chi connectivity index (χ2v) is 4.58. The van der Waals surface area contributed by atoms with E-state index in [0.717, 1.165) is 12.8 Å². The van der Waals surface area contributed by atoms with Gasteiger partial charge in [-0.05, 0) is 25.0 Å². The van der Waals surface area contributed by atoms with Crippen LogP contribution in [0.2, 0.25) is 0 Å². The van der Waals surface area contributed by atoms with E-state index in [4.69, 9.17) is 5.26 Å². The molecule has 1 N–H and O–H groups in total. The molecule has 0 saturated heterocycles. The Labute approximate surface area is 123 Å². The molecule has 0 aliphatic rings. The van der Waals surface area contributed by atoms with E-state index in [1.165, 1.54) is 12.1 Å². The summed E-state index contributed by atoms with van der Waals surface area (Å²) >= 11 is 0. The van der Waals surface area contributed by atoms with Crippen LogP contribution in [0, 0.1) is 28.4 Å². The zero-order valence-electron chi connectivity index (χ0n) is 12.0. The quantitative estimate of drug-likeness (QED) is 0.286. The zero-order valence-corrected chi connectivity index (χ0v) is 12.0. The fourth-order valence-corrected chi connectivity index (χ4v) is 1.70. The Bertz CT molecular complexity index is 615. The molecule has 1 rings (SSSR count). The molecule has 6 heteroatoms. The molecule has 0 radical (unpaired) electrons. The summed E-state index contributed by atoms with van der Waals surface area (Å²) in [6.45, 7) is 4.13. The minimum absolute atomic E-state index is 0.0348. The van der Waals surface area contributed by atoms with E-state index < -0.39 is 10.8 Å². The molecule has 1 aromatic carbocycles. The van der Waals surface area contributed by atoms with Crippen LogP contribution in [0.3, 0.4) is 0 Å². The summed E-state index contributed by atoms with van der Waals surface area (Å²) in [5.74, 6) is -0.464. The van der Waals surface area contributed by atoms with E-state index in [0.29, 0.717) is 17.7 Å². The van der Waals surface area contributed by atoms with Crippen LogP contribution in [0.5, 0.6) is 0 Å². The second-order valence-electron chi connectivity index (χ2n) is 4.58. The van der Waals surface area contributed by atoms with Crippen LogP contribution in [0.4, 0.5) is 5.69 Å². The Morgan fingerprint density at radius 3 is 2.81 bits per heavy atom. The van der Waals surface area contributed by atoms with Gasteiger partial charge >= 0.3 is 0 Å². The third-order valence-corrected chi connectivity index (χ3v) is 2.92. The lowest BCUT2D eigenvalue weighted by molar-refractivity contribution is -0.385. The maximum atomic E-state index is 11.8. The third-order valence-electron chi connectivity index (χ3n) is 2.92. The van der Waals surface area contributed by atoms with Gasteiger partial charge in [-0.3, -0.25) is 14.9 Å². The highest BCUT2D eigenvalue weighted by molar-refractivity contribution is 6.01. The zero-order chi connectivity index (χ0) is 15.8. The Balaban J connectivity index is 2.98. The van der Waals surface area contributed by atoms with E-state index in [1.807, 2.05) is 13.0 Å². The van der Waals surface area contributed by atoms with E-state index in [1.54, 1.807) is 19.1 Å². The number of aryl methyl sites for hydroxylation is 1. The molecule has 0 unspecified atom stereocenters. The molecule has 0 heterocycles. The molecule has 0 fully saturated rings. The first-order valence-electron chi connectivity index (χ1n) is 6.64. The van der Waals surface area contributed by atoms with Gasteiger partial charge in [0.25, 0.3) is 11.6 Å². The van der Waals surface area contributed by atoms with Crippen molar-refractivity contribution in [2.75, 3.05) is 6.54 Å². The minimum atomic E-state index is -0.486. The molecule has 0 spiro atoms. The van der Waals surface area contributed by atoms with Crippen LogP contribution in [0.1, 0.15) is 30.9 Å². The highest BCUT2D eigenvalue weighted by atomic mass is 16.6. The molecular weight excluding hydrogens is 270 g/mol. The molecule has 0 aliphatic heterocycles. The number of nitrogens with zero attached hydrogens (tertiary/aromatic N) is 2. The Kier molecular flexibility index (Phi) is 6.08. The first-order valence-corrected chi connectivity index (χ1v) is 6.64. The van der Waals surface area contributed by atoms with Crippen molar-refractivity contribution in [3.63, 3.8) is 0 Å². The summed E-state index contributed by atoms with van der Waals surface area (Å²) < 4.78 is 0. The summed E-state index contributed by atoms with van der Waals surface area (Å²) in [6, 6.07) is 6.40. The average Bonchev–Trinajstić information content (AvgIpc) is 2.46. The number of hydrogen-bond acceptors (Lipinski definition) is 4. The number of amides is 1. The average molecular weight is 287 g/mol. The summed E-state index contributed by atoms with van der Waals surface area (Å²) in [6.07, 6.45) is 3.13. The number of benzene rings is 1. The summed E-state index contributed by atoms with van der Waals surface area (Å²) in [5, 5.41) is 22.6. The normalized spacial score (nSPS) is 10.8. The second kappa shape index (κ2) is 7.80. The van der Waals surface area contributed by atoms with E-state index in [9.17, 15) is 14.9 Å². The molecule has 0 aromatic heterocycles. The number of carbonyl (C=O) groups excluding carboxylic acids is 1. The lowest BCUT2D eigenvalue weighted by Crippen LogP contribution is -2.25. The number of hydrogen-bond donors (Lipinski definition) is 1. The number of nitro benzene ring substituents is 1. The standard InChI is InChI=1S/C15H17N3O3/c1-3-4-7-17-15(19)13(10-16)8-12-6-5-11(2)14(9-12)18(20)21/h5-6,8-9H,3-4,7H2,1-2H3,(H,17,19)/b13-8+. The lowest BCUT2D eigenvalue weighted by Gasteiger charge is -2.03. The third kappa shape index (κ3) is 4.73. The first kappa shape index (κ1) is 16.4. The SMILES string of the molecule is CCCCNC(=O)/C(C#N)=C/c1ccc(C)c([N+](=O)[O-])c1. The Morgan fingerprint density at radius 2 is 2.24 bits per heavy atom. The predicted molar refractivity (Wildman–Crippen MR) is 79.3 cm³/mol. The molecule has 1 aromatic rings. The van der Waals surface area contributed by atoms with Crippen LogP contribution >= 0.6 is 0 Å². The van der Waals surface area contributed by atoms with Crippen LogP contribution < -0.4 is 5.32 Å². The van der Waals surface area contributed by atoms with Crippen molar-refractivity contribution in [1.82, 2.24) is 5.32 Å². The van der Waals surface area contributed by atoms with Gasteiger partial charge in [0, 0.05) is 18.2 Å². The van der Waals surface area contributed by atoms with Gasteiger partial charge in [-0.2, -0.15) is 5.26 Å². The van der Waals surface area contributed by atoms with Crippen molar-refractivity contribution in [2.45, 2.75) is 26.7 Å². The smallest absolute Gasteiger partial charge is 0.272 e. The molecule has 110 valence electrons. The van der Waals surface area contributed by atoms with Gasteiger partial charge in [0.2, 0.25) is 0 Å². The Morgan fingerprint density at radius 1 is 1.52 bits per heavy atom. The van der Waals surface area contributed by atoms with Crippen LogP contribution in [0.15, 0.2) is 23.8 Å². The minimum Gasteiger partial charge on any atom is -0.351 e. The summed E-state index contributed by atoms with van der Waals surface area (Å²) in [5.41, 5.74) is 0.884. The molecule has 0 aliphatic carbocycles.